The molecular weight excluding hydrogens is 288 g/mol. The zero-order chi connectivity index (χ0) is 15.5. The normalized spacial score (nSPS) is 20.7. The summed E-state index contributed by atoms with van der Waals surface area (Å²) in [5.74, 6) is 0.696. The van der Waals surface area contributed by atoms with E-state index in [4.69, 9.17) is 0 Å². The second-order valence-electron chi connectivity index (χ2n) is 5.53. The lowest BCUT2D eigenvalue weighted by molar-refractivity contribution is 0.190. The molecule has 1 saturated heterocycles. The monoisotopic (exact) mass is 312 g/mol. The van der Waals surface area contributed by atoms with E-state index in [0.29, 0.717) is 18.9 Å². The number of anilines is 1. The Morgan fingerprint density at radius 1 is 1.43 bits per heavy atom. The van der Waals surface area contributed by atoms with Crippen molar-refractivity contribution in [2.45, 2.75) is 30.7 Å². The molecule has 2 rings (SSSR count). The van der Waals surface area contributed by atoms with Crippen molar-refractivity contribution in [2.24, 2.45) is 0 Å². The van der Waals surface area contributed by atoms with Crippen LogP contribution in [-0.2, 0) is 10.0 Å². The molecule has 1 fully saturated rings. The summed E-state index contributed by atoms with van der Waals surface area (Å²) in [4.78, 5) is 6.51. The average Bonchev–Trinajstić information content (AvgIpc) is 2.48. The molecule has 0 radical (unpaired) electrons. The molecule has 1 aliphatic heterocycles. The topological polar surface area (TPSA) is 65.5 Å². The van der Waals surface area contributed by atoms with Crippen LogP contribution in [0.3, 0.4) is 0 Å². The van der Waals surface area contributed by atoms with Gasteiger partial charge in [-0.15, -0.1) is 0 Å². The smallest absolute Gasteiger partial charge is 0.244 e. The van der Waals surface area contributed by atoms with Gasteiger partial charge in [-0.2, -0.15) is 4.31 Å². The highest BCUT2D eigenvalue weighted by atomic mass is 32.2. The van der Waals surface area contributed by atoms with E-state index in [-0.39, 0.29) is 10.9 Å². The molecule has 0 saturated carbocycles. The number of pyridine rings is 1. The third kappa shape index (κ3) is 3.72. The first-order valence-corrected chi connectivity index (χ1v) is 8.75. The van der Waals surface area contributed by atoms with Crippen molar-refractivity contribution in [1.29, 1.82) is 0 Å². The van der Waals surface area contributed by atoms with Crippen molar-refractivity contribution in [3.63, 3.8) is 0 Å². The number of likely N-dealkylation sites (N-methyl/N-ethyl adjacent to an activating group) is 1. The van der Waals surface area contributed by atoms with Gasteiger partial charge in [-0.05, 0) is 46.0 Å². The van der Waals surface area contributed by atoms with Crippen LogP contribution in [0, 0.1) is 0 Å². The average molecular weight is 312 g/mol. The van der Waals surface area contributed by atoms with Crippen LogP contribution in [0.4, 0.5) is 5.82 Å². The van der Waals surface area contributed by atoms with Crippen molar-refractivity contribution in [3.05, 3.63) is 18.3 Å². The van der Waals surface area contributed by atoms with Gasteiger partial charge in [0.2, 0.25) is 10.0 Å². The third-order valence-corrected chi connectivity index (χ3v) is 5.67. The molecule has 0 aliphatic carbocycles. The molecule has 1 aliphatic rings. The van der Waals surface area contributed by atoms with Crippen molar-refractivity contribution >= 4 is 15.8 Å². The zero-order valence-corrected chi connectivity index (χ0v) is 13.7. The summed E-state index contributed by atoms with van der Waals surface area (Å²) in [5, 5.41) is 3.06. The molecule has 21 heavy (non-hydrogen) atoms. The molecule has 118 valence electrons. The highest BCUT2D eigenvalue weighted by molar-refractivity contribution is 7.89. The van der Waals surface area contributed by atoms with Gasteiger partial charge >= 0.3 is 0 Å². The summed E-state index contributed by atoms with van der Waals surface area (Å²) in [7, 11) is 0.543. The Balaban J connectivity index is 2.17. The Labute approximate surface area is 127 Å². The largest absolute Gasteiger partial charge is 0.370 e. The van der Waals surface area contributed by atoms with Gasteiger partial charge in [0.25, 0.3) is 0 Å². The highest BCUT2D eigenvalue weighted by Gasteiger charge is 2.31. The second kappa shape index (κ2) is 6.72. The van der Waals surface area contributed by atoms with E-state index in [1.807, 2.05) is 21.0 Å². The lowest BCUT2D eigenvalue weighted by Crippen LogP contribution is -2.47. The molecule has 2 heterocycles. The second-order valence-corrected chi connectivity index (χ2v) is 7.47. The number of nitrogens with zero attached hydrogens (tertiary/aromatic N) is 3. The summed E-state index contributed by atoms with van der Waals surface area (Å²) in [6.07, 6.45) is 3.37. The quantitative estimate of drug-likeness (QED) is 0.886. The summed E-state index contributed by atoms with van der Waals surface area (Å²) in [5.41, 5.74) is 0. The molecule has 0 aromatic carbocycles. The highest BCUT2D eigenvalue weighted by Crippen LogP contribution is 2.22. The molecule has 1 unspecified atom stereocenters. The zero-order valence-electron chi connectivity index (χ0n) is 12.9. The lowest BCUT2D eigenvalue weighted by atomic mass is 10.1. The van der Waals surface area contributed by atoms with E-state index < -0.39 is 10.0 Å². The van der Waals surface area contributed by atoms with Crippen LogP contribution in [0.5, 0.6) is 0 Å². The minimum atomic E-state index is -3.44. The molecule has 7 heteroatoms. The van der Waals surface area contributed by atoms with Crippen LogP contribution in [0.25, 0.3) is 0 Å². The maximum atomic E-state index is 12.7. The van der Waals surface area contributed by atoms with E-state index in [2.05, 4.69) is 15.2 Å². The Morgan fingerprint density at radius 3 is 2.76 bits per heavy atom. The van der Waals surface area contributed by atoms with Gasteiger partial charge in [-0.25, -0.2) is 13.4 Å². The van der Waals surface area contributed by atoms with Crippen molar-refractivity contribution in [3.8, 4) is 0 Å². The predicted molar refractivity (Wildman–Crippen MR) is 83.9 cm³/mol. The molecule has 0 bridgehead atoms. The number of aromatic nitrogens is 1. The van der Waals surface area contributed by atoms with E-state index in [1.54, 1.807) is 16.4 Å². The third-order valence-electron chi connectivity index (χ3n) is 3.82. The van der Waals surface area contributed by atoms with Crippen LogP contribution in [0.15, 0.2) is 23.2 Å². The van der Waals surface area contributed by atoms with Crippen LogP contribution < -0.4 is 5.32 Å². The molecule has 1 atom stereocenters. The standard InChI is InChI=1S/C14H24N4O2S/c1-4-15-14-8-7-13(10-16-14)21(19,20)18-9-5-6-12(11-18)17(2)3/h7-8,10,12H,4-6,9,11H2,1-3H3,(H,15,16). The van der Waals surface area contributed by atoms with Gasteiger partial charge in [-0.1, -0.05) is 0 Å². The minimum absolute atomic E-state index is 0.267. The fraction of sp³-hybridized carbons (Fsp3) is 0.643. The minimum Gasteiger partial charge on any atom is -0.370 e. The summed E-state index contributed by atoms with van der Waals surface area (Å²) < 4.78 is 26.9. The molecule has 0 spiro atoms. The fourth-order valence-corrected chi connectivity index (χ4v) is 3.99. The number of hydrogen-bond acceptors (Lipinski definition) is 5. The first-order valence-electron chi connectivity index (χ1n) is 7.31. The number of hydrogen-bond donors (Lipinski definition) is 1. The van der Waals surface area contributed by atoms with E-state index in [1.165, 1.54) is 6.20 Å². The number of nitrogens with one attached hydrogen (secondary N) is 1. The van der Waals surface area contributed by atoms with Crippen LogP contribution in [-0.4, -0.2) is 62.4 Å². The maximum absolute atomic E-state index is 12.7. The number of rotatable bonds is 5. The Morgan fingerprint density at radius 2 is 2.19 bits per heavy atom. The summed E-state index contributed by atoms with van der Waals surface area (Å²) in [6.45, 7) is 3.86. The molecule has 1 aromatic rings. The van der Waals surface area contributed by atoms with Crippen molar-refractivity contribution in [1.82, 2.24) is 14.2 Å². The first-order chi connectivity index (χ1) is 9.95. The van der Waals surface area contributed by atoms with Gasteiger partial charge in [0.1, 0.15) is 10.7 Å². The first kappa shape index (κ1) is 16.2. The summed E-state index contributed by atoms with van der Waals surface area (Å²) >= 11 is 0. The van der Waals surface area contributed by atoms with Crippen molar-refractivity contribution in [2.75, 3.05) is 39.0 Å². The summed E-state index contributed by atoms with van der Waals surface area (Å²) in [6, 6.07) is 3.62. The number of sulfonamides is 1. The van der Waals surface area contributed by atoms with Gasteiger partial charge < -0.3 is 10.2 Å². The van der Waals surface area contributed by atoms with Crippen molar-refractivity contribution < 1.29 is 8.42 Å². The van der Waals surface area contributed by atoms with E-state index >= 15 is 0 Å². The molecule has 1 N–H and O–H groups in total. The Hall–Kier alpha value is -1.18. The van der Waals surface area contributed by atoms with Gasteiger partial charge in [-0.3, -0.25) is 0 Å². The van der Waals surface area contributed by atoms with Gasteiger partial charge in [0.05, 0.1) is 0 Å². The van der Waals surface area contributed by atoms with Crippen LogP contribution in [0.2, 0.25) is 0 Å². The van der Waals surface area contributed by atoms with Crippen LogP contribution in [0.1, 0.15) is 19.8 Å². The molecular formula is C14H24N4O2S. The van der Waals surface area contributed by atoms with E-state index in [9.17, 15) is 8.42 Å². The Bertz CT molecular complexity index is 557. The van der Waals surface area contributed by atoms with Crippen LogP contribution >= 0.6 is 0 Å². The predicted octanol–water partition coefficient (Wildman–Crippen LogP) is 1.23. The van der Waals surface area contributed by atoms with E-state index in [0.717, 1.165) is 19.4 Å². The molecule has 1 aromatic heterocycles. The molecule has 6 nitrogen and oxygen atoms in total. The van der Waals surface area contributed by atoms with Gasteiger partial charge in [0.15, 0.2) is 0 Å². The fourth-order valence-electron chi connectivity index (χ4n) is 2.53. The van der Waals surface area contributed by atoms with Gasteiger partial charge in [0, 0.05) is 31.9 Å². The lowest BCUT2D eigenvalue weighted by Gasteiger charge is -2.35. The number of piperidine rings is 1. The molecule has 0 amide bonds. The maximum Gasteiger partial charge on any atom is 0.244 e. The SMILES string of the molecule is CCNc1ccc(S(=O)(=O)N2CCCC(N(C)C)C2)cn1. The Kier molecular flexibility index (Phi) is 5.18.